The Kier molecular flexibility index (Phi) is 9.92. The van der Waals surface area contributed by atoms with Crippen molar-refractivity contribution in [3.63, 3.8) is 0 Å². The number of hydrogen-bond donors (Lipinski definition) is 3. The van der Waals surface area contributed by atoms with Crippen LogP contribution in [0.2, 0.25) is 0 Å². The zero-order chi connectivity index (χ0) is 38.2. The first-order valence-corrected chi connectivity index (χ1v) is 18.8. The molecule has 0 amide bonds. The molecule has 0 bridgehead atoms. The Morgan fingerprint density at radius 1 is 1.00 bits per heavy atom. The molecule has 8 rings (SSSR count). The van der Waals surface area contributed by atoms with E-state index in [9.17, 15) is 20.3 Å². The van der Waals surface area contributed by atoms with Gasteiger partial charge in [0.2, 0.25) is 0 Å². The van der Waals surface area contributed by atoms with Crippen molar-refractivity contribution in [2.45, 2.75) is 45.9 Å². The van der Waals surface area contributed by atoms with Gasteiger partial charge in [-0.25, -0.2) is 4.98 Å². The molecule has 2 atom stereocenters. The Hall–Kier alpha value is -5.87. The number of nitrogens with one attached hydrogen (secondary N) is 1. The molecule has 4 aromatic heterocycles. The van der Waals surface area contributed by atoms with E-state index in [-0.39, 0.29) is 12.0 Å². The van der Waals surface area contributed by atoms with Gasteiger partial charge in [-0.15, -0.1) is 0 Å². The normalized spacial score (nSPS) is 18.1. The van der Waals surface area contributed by atoms with Gasteiger partial charge in [0.15, 0.2) is 11.4 Å². The summed E-state index contributed by atoms with van der Waals surface area (Å²) in [7, 11) is 1.74. The number of aliphatic hydroxyl groups excluding tert-OH is 1. The van der Waals surface area contributed by atoms with Crippen LogP contribution in [0.4, 0.5) is 11.5 Å². The number of benzene rings is 2. The van der Waals surface area contributed by atoms with Crippen molar-refractivity contribution in [3.8, 4) is 28.5 Å². The lowest BCUT2D eigenvalue weighted by Gasteiger charge is -2.17. The first-order chi connectivity index (χ1) is 26.7. The lowest BCUT2D eigenvalue weighted by molar-refractivity contribution is -0.141. The maximum absolute atomic E-state index is 11.5. The second-order valence-electron chi connectivity index (χ2n) is 14.7. The Bertz CT molecular complexity index is 2550. The van der Waals surface area contributed by atoms with Gasteiger partial charge in [0, 0.05) is 81.5 Å². The largest absolute Gasteiger partial charge is 0.481 e. The second-order valence-corrected chi connectivity index (χ2v) is 14.7. The van der Waals surface area contributed by atoms with Crippen LogP contribution in [0.25, 0.3) is 44.3 Å². The Morgan fingerprint density at radius 2 is 1.78 bits per heavy atom. The first-order valence-electron chi connectivity index (χ1n) is 18.8. The summed E-state index contributed by atoms with van der Waals surface area (Å²) in [6, 6.07) is 20.8. The number of nitriles is 1. The van der Waals surface area contributed by atoms with Crippen LogP contribution in [0.1, 0.15) is 35.1 Å². The number of carboxylic acid groups (broad SMARTS) is 1. The number of furan rings is 1. The third kappa shape index (κ3) is 7.10. The number of aliphatic carboxylic acids is 1. The van der Waals surface area contributed by atoms with E-state index >= 15 is 0 Å². The molecule has 55 heavy (non-hydrogen) atoms. The monoisotopic (exact) mass is 736 g/mol. The highest BCUT2D eigenvalue weighted by molar-refractivity contribution is 5.92. The molecule has 2 aliphatic rings. The number of carbonyl (C=O) groups is 1. The van der Waals surface area contributed by atoms with Crippen molar-refractivity contribution in [1.29, 1.82) is 5.26 Å². The molecule has 12 heteroatoms. The molecule has 0 radical (unpaired) electrons. The fourth-order valence-corrected chi connectivity index (χ4v) is 8.19. The van der Waals surface area contributed by atoms with Gasteiger partial charge < -0.3 is 29.4 Å². The third-order valence-corrected chi connectivity index (χ3v) is 11.2. The van der Waals surface area contributed by atoms with Crippen LogP contribution in [0.3, 0.4) is 0 Å². The second kappa shape index (κ2) is 15.1. The number of β-amino-alcohol motifs (C(OH)–C–C–N with tert-alkyl or cyclic N) is 1. The van der Waals surface area contributed by atoms with Crippen LogP contribution in [0, 0.1) is 31.1 Å². The van der Waals surface area contributed by atoms with Crippen LogP contribution in [0.15, 0.2) is 82.6 Å². The van der Waals surface area contributed by atoms with E-state index in [1.165, 1.54) is 0 Å². The number of carboxylic acids is 1. The van der Waals surface area contributed by atoms with Crippen LogP contribution >= 0.6 is 0 Å². The molecule has 0 aliphatic carbocycles. The molecule has 0 saturated carbocycles. The number of likely N-dealkylation sites (tertiary alicyclic amines) is 2. The van der Waals surface area contributed by atoms with Crippen molar-refractivity contribution in [2.24, 2.45) is 10.9 Å². The molecular formula is C43H44N8O4. The molecule has 2 aromatic carbocycles. The van der Waals surface area contributed by atoms with Crippen LogP contribution in [0.5, 0.6) is 0 Å². The lowest BCUT2D eigenvalue weighted by Crippen LogP contribution is -2.31. The van der Waals surface area contributed by atoms with Crippen molar-refractivity contribution < 1.29 is 19.4 Å². The van der Waals surface area contributed by atoms with Gasteiger partial charge >= 0.3 is 5.97 Å². The molecule has 0 spiro atoms. The molecule has 2 fully saturated rings. The van der Waals surface area contributed by atoms with E-state index in [1.807, 2.05) is 47.2 Å². The van der Waals surface area contributed by atoms with Gasteiger partial charge in [0.05, 0.1) is 17.4 Å². The number of anilines is 2. The van der Waals surface area contributed by atoms with E-state index in [0.717, 1.165) is 81.4 Å². The minimum atomic E-state index is -0.751. The summed E-state index contributed by atoms with van der Waals surface area (Å²) in [6.45, 7) is 9.00. The molecular weight excluding hydrogens is 693 g/mol. The van der Waals surface area contributed by atoms with E-state index in [4.69, 9.17) is 9.40 Å². The number of fused-ring (bicyclic) bond motifs is 2. The average Bonchev–Trinajstić information content (AvgIpc) is 3.95. The lowest BCUT2D eigenvalue weighted by atomic mass is 9.92. The zero-order valence-electron chi connectivity index (χ0n) is 31.3. The molecule has 6 aromatic rings. The zero-order valence-corrected chi connectivity index (χ0v) is 31.3. The summed E-state index contributed by atoms with van der Waals surface area (Å²) in [4.78, 5) is 30.0. The van der Waals surface area contributed by atoms with Gasteiger partial charge in [-0.2, -0.15) is 5.26 Å². The number of nitrogens with zero attached hydrogens (tertiary/aromatic N) is 7. The predicted octanol–water partition coefficient (Wildman–Crippen LogP) is 6.25. The van der Waals surface area contributed by atoms with Gasteiger partial charge in [-0.3, -0.25) is 19.7 Å². The minimum absolute atomic E-state index is 0.255. The highest BCUT2D eigenvalue weighted by atomic mass is 16.4. The number of hydrogen-bond acceptors (Lipinski definition) is 10. The number of aromatic nitrogens is 3. The van der Waals surface area contributed by atoms with Gasteiger partial charge in [-0.05, 0) is 85.3 Å². The summed E-state index contributed by atoms with van der Waals surface area (Å²) < 4.78 is 8.45. The number of pyridine rings is 3. The van der Waals surface area contributed by atoms with Crippen LogP contribution in [-0.4, -0.2) is 86.4 Å². The quantitative estimate of drug-likeness (QED) is 0.147. The topological polar surface area (TPSA) is 156 Å². The molecule has 280 valence electrons. The summed E-state index contributed by atoms with van der Waals surface area (Å²) in [5.41, 5.74) is 9.57. The molecule has 6 heterocycles. The summed E-state index contributed by atoms with van der Waals surface area (Å²) in [6.07, 6.45) is 6.68. The standard InChI is InChI=1S/C43H44N8O4/c1-26-33(34-7-5-9-37(27(34)2)48-41-39-29(10-13-46-41)18-28(21-47-39)22-50-15-12-32(52)25-50)6-4-8-35(26)38-19-36-40(55-38)31(20-44)24-51(42(36)45-3)17-16-49-14-11-30(23-49)43(53)54/h4-10,13,18-19,21,24,30,32,52H,11-12,14-17,22-23,25H2,1-3H3,(H,46,48)(H,53,54)/b45-42-/t30-,32+/m0/s1. The van der Waals surface area contributed by atoms with Gasteiger partial charge in [0.25, 0.3) is 0 Å². The maximum atomic E-state index is 11.5. The minimum Gasteiger partial charge on any atom is -0.481 e. The number of rotatable bonds is 10. The van der Waals surface area contributed by atoms with E-state index in [1.54, 1.807) is 19.4 Å². The molecule has 3 N–H and O–H groups in total. The Balaban J connectivity index is 1.08. The van der Waals surface area contributed by atoms with Crippen LogP contribution < -0.4 is 10.8 Å². The summed E-state index contributed by atoms with van der Waals surface area (Å²) >= 11 is 0. The van der Waals surface area contributed by atoms with Gasteiger partial charge in [0.1, 0.15) is 28.4 Å². The highest BCUT2D eigenvalue weighted by Gasteiger charge is 2.28. The summed E-state index contributed by atoms with van der Waals surface area (Å²) in [5.74, 6) is 0.237. The van der Waals surface area contributed by atoms with Crippen LogP contribution in [-0.2, 0) is 17.9 Å². The van der Waals surface area contributed by atoms with Crippen molar-refractivity contribution in [3.05, 3.63) is 101 Å². The predicted molar refractivity (Wildman–Crippen MR) is 212 cm³/mol. The Morgan fingerprint density at radius 3 is 2.53 bits per heavy atom. The molecule has 12 nitrogen and oxygen atoms in total. The number of aliphatic hydroxyl groups is 1. The van der Waals surface area contributed by atoms with Crippen molar-refractivity contribution in [1.82, 2.24) is 24.3 Å². The highest BCUT2D eigenvalue weighted by Crippen LogP contribution is 2.38. The van der Waals surface area contributed by atoms with Crippen molar-refractivity contribution >= 4 is 39.3 Å². The molecule has 2 saturated heterocycles. The summed E-state index contributed by atoms with van der Waals surface area (Å²) in [5, 5.41) is 34.9. The van der Waals surface area contributed by atoms with E-state index in [2.05, 4.69) is 63.2 Å². The fourth-order valence-electron chi connectivity index (χ4n) is 8.19. The SMILES string of the molecule is C/N=c1/c2cc(-c3cccc(-c4cccc(Nc5nccc6cc(CN7CC[C@@H](O)C7)cnc56)c4C)c3C)oc2c(C#N)cn1CCN1CC[C@H](C(=O)O)C1. The smallest absolute Gasteiger partial charge is 0.307 e. The fraction of sp³-hybridized carbons (Fsp3) is 0.326. The molecule has 2 aliphatic heterocycles. The average molecular weight is 737 g/mol. The van der Waals surface area contributed by atoms with E-state index in [0.29, 0.717) is 60.8 Å². The third-order valence-electron chi connectivity index (χ3n) is 11.2. The maximum Gasteiger partial charge on any atom is 0.307 e. The molecule has 0 unspecified atom stereocenters. The van der Waals surface area contributed by atoms with Crippen molar-refractivity contribution in [2.75, 3.05) is 45.1 Å². The first kappa shape index (κ1) is 36.1. The van der Waals surface area contributed by atoms with E-state index < -0.39 is 5.97 Å². The van der Waals surface area contributed by atoms with Gasteiger partial charge in [-0.1, -0.05) is 30.3 Å². The Labute approximate surface area is 319 Å².